The van der Waals surface area contributed by atoms with Crippen LogP contribution in [0.25, 0.3) is 0 Å². The number of hydrogen-bond acceptors (Lipinski definition) is 2. The molecule has 0 fully saturated rings. The number of benzene rings is 1. The van der Waals surface area contributed by atoms with Gasteiger partial charge in [0.25, 0.3) is 0 Å². The lowest BCUT2D eigenvalue weighted by atomic mass is 9.85. The van der Waals surface area contributed by atoms with Gasteiger partial charge in [0.2, 0.25) is 0 Å². The standard InChI is InChI=1S/C12H19NO/c1-3-12(13,9-10-14-2)11-7-5-4-6-8-11/h4-8H,3,9-10,13H2,1-2H3. The highest BCUT2D eigenvalue weighted by Crippen LogP contribution is 2.25. The van der Waals surface area contributed by atoms with Crippen LogP contribution in [-0.2, 0) is 10.3 Å². The molecule has 0 aliphatic carbocycles. The zero-order valence-electron chi connectivity index (χ0n) is 8.99. The molecule has 1 aromatic rings. The SMILES string of the molecule is CCC(N)(CCOC)c1ccccc1. The Morgan fingerprint density at radius 3 is 2.43 bits per heavy atom. The van der Waals surface area contributed by atoms with Gasteiger partial charge in [-0.05, 0) is 18.4 Å². The summed E-state index contributed by atoms with van der Waals surface area (Å²) in [7, 11) is 1.71. The van der Waals surface area contributed by atoms with E-state index in [2.05, 4.69) is 19.1 Å². The molecule has 0 saturated carbocycles. The van der Waals surface area contributed by atoms with Gasteiger partial charge < -0.3 is 10.5 Å². The summed E-state index contributed by atoms with van der Waals surface area (Å²) in [6.07, 6.45) is 1.80. The molecule has 1 aromatic carbocycles. The molecule has 0 aromatic heterocycles. The number of ether oxygens (including phenoxy) is 1. The minimum absolute atomic E-state index is 0.239. The van der Waals surface area contributed by atoms with Crippen molar-refractivity contribution in [2.45, 2.75) is 25.3 Å². The first kappa shape index (κ1) is 11.2. The van der Waals surface area contributed by atoms with Gasteiger partial charge in [-0.2, -0.15) is 0 Å². The minimum Gasteiger partial charge on any atom is -0.385 e. The van der Waals surface area contributed by atoms with Gasteiger partial charge in [0.1, 0.15) is 0 Å². The second-order valence-corrected chi connectivity index (χ2v) is 3.62. The van der Waals surface area contributed by atoms with Gasteiger partial charge in [0, 0.05) is 19.3 Å². The van der Waals surface area contributed by atoms with E-state index in [9.17, 15) is 0 Å². The molecule has 0 bridgehead atoms. The molecule has 0 radical (unpaired) electrons. The van der Waals surface area contributed by atoms with E-state index >= 15 is 0 Å². The Morgan fingerprint density at radius 2 is 1.93 bits per heavy atom. The van der Waals surface area contributed by atoms with E-state index in [4.69, 9.17) is 10.5 Å². The second-order valence-electron chi connectivity index (χ2n) is 3.62. The van der Waals surface area contributed by atoms with Crippen molar-refractivity contribution in [1.82, 2.24) is 0 Å². The summed E-state index contributed by atoms with van der Waals surface area (Å²) >= 11 is 0. The summed E-state index contributed by atoms with van der Waals surface area (Å²) in [6, 6.07) is 10.2. The monoisotopic (exact) mass is 193 g/mol. The van der Waals surface area contributed by atoms with Crippen molar-refractivity contribution < 1.29 is 4.74 Å². The second kappa shape index (κ2) is 5.13. The van der Waals surface area contributed by atoms with Crippen molar-refractivity contribution in [3.8, 4) is 0 Å². The van der Waals surface area contributed by atoms with E-state index in [1.165, 1.54) is 5.56 Å². The Hall–Kier alpha value is -0.860. The lowest BCUT2D eigenvalue weighted by Gasteiger charge is -2.28. The largest absolute Gasteiger partial charge is 0.385 e. The highest BCUT2D eigenvalue weighted by molar-refractivity contribution is 5.23. The first-order valence-corrected chi connectivity index (χ1v) is 5.06. The molecule has 0 aliphatic rings. The number of hydrogen-bond donors (Lipinski definition) is 1. The lowest BCUT2D eigenvalue weighted by Crippen LogP contribution is -2.37. The Kier molecular flexibility index (Phi) is 4.11. The molecule has 2 N–H and O–H groups in total. The molecule has 2 heteroatoms. The molecule has 1 atom stereocenters. The van der Waals surface area contributed by atoms with Crippen molar-refractivity contribution in [1.29, 1.82) is 0 Å². The van der Waals surface area contributed by atoms with Crippen LogP contribution in [0.15, 0.2) is 30.3 Å². The van der Waals surface area contributed by atoms with Crippen LogP contribution in [0, 0.1) is 0 Å². The minimum atomic E-state index is -0.239. The van der Waals surface area contributed by atoms with Crippen LogP contribution in [0.2, 0.25) is 0 Å². The van der Waals surface area contributed by atoms with Gasteiger partial charge >= 0.3 is 0 Å². The summed E-state index contributed by atoms with van der Waals surface area (Å²) in [5, 5.41) is 0. The normalized spacial score (nSPS) is 15.1. The summed E-state index contributed by atoms with van der Waals surface area (Å²) in [5.74, 6) is 0. The Bertz CT molecular complexity index is 260. The van der Waals surface area contributed by atoms with E-state index in [0.29, 0.717) is 6.61 Å². The van der Waals surface area contributed by atoms with E-state index in [1.807, 2.05) is 18.2 Å². The molecule has 0 saturated heterocycles. The van der Waals surface area contributed by atoms with E-state index < -0.39 is 0 Å². The van der Waals surface area contributed by atoms with Gasteiger partial charge in [-0.1, -0.05) is 37.3 Å². The first-order valence-electron chi connectivity index (χ1n) is 5.06. The first-order chi connectivity index (χ1) is 6.73. The predicted octanol–water partition coefficient (Wildman–Crippen LogP) is 2.29. The van der Waals surface area contributed by atoms with E-state index in [0.717, 1.165) is 12.8 Å². The third-order valence-corrected chi connectivity index (χ3v) is 2.73. The summed E-state index contributed by atoms with van der Waals surface area (Å²) in [4.78, 5) is 0. The quantitative estimate of drug-likeness (QED) is 0.778. The highest BCUT2D eigenvalue weighted by Gasteiger charge is 2.24. The molecular formula is C12H19NO. The average molecular weight is 193 g/mol. The summed E-state index contributed by atoms with van der Waals surface area (Å²) in [5.41, 5.74) is 7.28. The topological polar surface area (TPSA) is 35.2 Å². The Labute approximate surface area is 86.1 Å². The number of nitrogens with two attached hydrogens (primary N) is 1. The van der Waals surface area contributed by atoms with Crippen LogP contribution in [0.1, 0.15) is 25.3 Å². The highest BCUT2D eigenvalue weighted by atomic mass is 16.5. The van der Waals surface area contributed by atoms with E-state index in [1.54, 1.807) is 7.11 Å². The van der Waals surface area contributed by atoms with Gasteiger partial charge in [0.05, 0.1) is 0 Å². The van der Waals surface area contributed by atoms with Crippen LogP contribution >= 0.6 is 0 Å². The smallest absolute Gasteiger partial charge is 0.0483 e. The van der Waals surface area contributed by atoms with E-state index in [-0.39, 0.29) is 5.54 Å². The Morgan fingerprint density at radius 1 is 1.29 bits per heavy atom. The van der Waals surface area contributed by atoms with Gasteiger partial charge in [-0.15, -0.1) is 0 Å². The van der Waals surface area contributed by atoms with Crippen LogP contribution < -0.4 is 5.73 Å². The maximum absolute atomic E-state index is 6.32. The molecule has 0 aliphatic heterocycles. The average Bonchev–Trinajstić information content (AvgIpc) is 2.27. The van der Waals surface area contributed by atoms with Gasteiger partial charge in [-0.25, -0.2) is 0 Å². The molecule has 78 valence electrons. The maximum Gasteiger partial charge on any atom is 0.0483 e. The zero-order chi connectivity index (χ0) is 10.4. The molecule has 0 spiro atoms. The van der Waals surface area contributed by atoms with Crippen LogP contribution in [0.3, 0.4) is 0 Å². The summed E-state index contributed by atoms with van der Waals surface area (Å²) in [6.45, 7) is 2.82. The van der Waals surface area contributed by atoms with Crippen molar-refractivity contribution >= 4 is 0 Å². The molecule has 1 unspecified atom stereocenters. The Balaban J connectivity index is 2.79. The van der Waals surface area contributed by atoms with Crippen molar-refractivity contribution in [3.63, 3.8) is 0 Å². The molecule has 2 nitrogen and oxygen atoms in total. The molecule has 0 amide bonds. The predicted molar refractivity (Wildman–Crippen MR) is 59.1 cm³/mol. The number of methoxy groups -OCH3 is 1. The van der Waals surface area contributed by atoms with Crippen molar-refractivity contribution in [2.75, 3.05) is 13.7 Å². The molecular weight excluding hydrogens is 174 g/mol. The molecule has 14 heavy (non-hydrogen) atoms. The van der Waals surface area contributed by atoms with Gasteiger partial charge in [-0.3, -0.25) is 0 Å². The molecule has 1 rings (SSSR count). The lowest BCUT2D eigenvalue weighted by molar-refractivity contribution is 0.166. The fourth-order valence-corrected chi connectivity index (χ4v) is 1.58. The zero-order valence-corrected chi connectivity index (χ0v) is 8.99. The fourth-order valence-electron chi connectivity index (χ4n) is 1.58. The van der Waals surface area contributed by atoms with Crippen LogP contribution in [0.5, 0.6) is 0 Å². The van der Waals surface area contributed by atoms with Crippen LogP contribution in [-0.4, -0.2) is 13.7 Å². The third kappa shape index (κ3) is 2.56. The van der Waals surface area contributed by atoms with Crippen LogP contribution in [0.4, 0.5) is 0 Å². The van der Waals surface area contributed by atoms with Crippen molar-refractivity contribution in [3.05, 3.63) is 35.9 Å². The van der Waals surface area contributed by atoms with Crippen molar-refractivity contribution in [2.24, 2.45) is 5.73 Å². The van der Waals surface area contributed by atoms with Gasteiger partial charge in [0.15, 0.2) is 0 Å². The summed E-state index contributed by atoms with van der Waals surface area (Å²) < 4.78 is 5.08. The fraction of sp³-hybridized carbons (Fsp3) is 0.500. The number of rotatable bonds is 5. The third-order valence-electron chi connectivity index (χ3n) is 2.73. The maximum atomic E-state index is 6.32. The molecule has 0 heterocycles.